The molecule has 0 amide bonds. The number of hydrogen-bond acceptors (Lipinski definition) is 3. The molecule has 0 radical (unpaired) electrons. The second-order valence-electron chi connectivity index (χ2n) is 4.88. The van der Waals surface area contributed by atoms with E-state index in [9.17, 15) is 13.2 Å². The van der Waals surface area contributed by atoms with Crippen molar-refractivity contribution in [3.05, 3.63) is 27.6 Å². The van der Waals surface area contributed by atoms with Gasteiger partial charge in [-0.2, -0.15) is 0 Å². The van der Waals surface area contributed by atoms with E-state index in [2.05, 4.69) is 9.71 Å². The lowest BCUT2D eigenvalue weighted by Crippen LogP contribution is -2.29. The van der Waals surface area contributed by atoms with Crippen molar-refractivity contribution >= 4 is 21.6 Å². The lowest BCUT2D eigenvalue weighted by atomic mass is 10.2. The van der Waals surface area contributed by atoms with Crippen LogP contribution in [0.25, 0.3) is 0 Å². The van der Waals surface area contributed by atoms with Crippen LogP contribution in [-0.2, 0) is 10.0 Å². The van der Waals surface area contributed by atoms with Gasteiger partial charge in [-0.3, -0.25) is 4.79 Å². The van der Waals surface area contributed by atoms with E-state index in [0.29, 0.717) is 0 Å². The summed E-state index contributed by atoms with van der Waals surface area (Å²) in [6.07, 6.45) is 1.95. The Labute approximate surface area is 104 Å². The molecule has 0 aliphatic heterocycles. The number of pyridine rings is 1. The second-order valence-corrected chi connectivity index (χ2v) is 7.00. The Morgan fingerprint density at radius 3 is 2.59 bits per heavy atom. The van der Waals surface area contributed by atoms with E-state index in [-0.39, 0.29) is 21.4 Å². The SMILES string of the molecule is CC1(C)CC1NS(=O)(=O)c1c[nH]c(=O)c(Cl)c1. The highest BCUT2D eigenvalue weighted by atomic mass is 35.5. The van der Waals surface area contributed by atoms with Gasteiger partial charge in [0.25, 0.3) is 5.56 Å². The van der Waals surface area contributed by atoms with Gasteiger partial charge in [0.2, 0.25) is 10.0 Å². The molecule has 1 aromatic rings. The Hall–Kier alpha value is -0.850. The van der Waals surface area contributed by atoms with Gasteiger partial charge in [-0.05, 0) is 17.9 Å². The van der Waals surface area contributed by atoms with Gasteiger partial charge in [-0.1, -0.05) is 25.4 Å². The van der Waals surface area contributed by atoms with Crippen LogP contribution in [0, 0.1) is 5.41 Å². The van der Waals surface area contributed by atoms with Crippen molar-refractivity contribution in [3.8, 4) is 0 Å². The molecule has 0 saturated heterocycles. The summed E-state index contributed by atoms with van der Waals surface area (Å²) >= 11 is 5.59. The summed E-state index contributed by atoms with van der Waals surface area (Å²) in [6, 6.07) is 1.09. The molecule has 2 rings (SSSR count). The number of aromatic nitrogens is 1. The van der Waals surface area contributed by atoms with Gasteiger partial charge in [0.05, 0.1) is 4.90 Å². The van der Waals surface area contributed by atoms with Crippen molar-refractivity contribution in [2.75, 3.05) is 0 Å². The first kappa shape index (κ1) is 12.6. The highest BCUT2D eigenvalue weighted by Crippen LogP contribution is 2.45. The van der Waals surface area contributed by atoms with Gasteiger partial charge in [-0.15, -0.1) is 0 Å². The van der Waals surface area contributed by atoms with Crippen molar-refractivity contribution in [2.45, 2.75) is 31.2 Å². The average Bonchev–Trinajstić information content (AvgIpc) is 2.77. The third-order valence-electron chi connectivity index (χ3n) is 2.95. The summed E-state index contributed by atoms with van der Waals surface area (Å²) in [4.78, 5) is 13.3. The molecule has 17 heavy (non-hydrogen) atoms. The van der Waals surface area contributed by atoms with Crippen molar-refractivity contribution in [1.29, 1.82) is 0 Å². The first-order valence-corrected chi connectivity index (χ1v) is 6.99. The quantitative estimate of drug-likeness (QED) is 0.868. The van der Waals surface area contributed by atoms with Crippen LogP contribution in [0.3, 0.4) is 0 Å². The maximum absolute atomic E-state index is 11.9. The smallest absolute Gasteiger partial charge is 0.266 e. The first-order chi connectivity index (χ1) is 7.72. The molecule has 0 bridgehead atoms. The second kappa shape index (κ2) is 3.83. The molecule has 1 heterocycles. The molecule has 1 aromatic heterocycles. The van der Waals surface area contributed by atoms with E-state index in [1.54, 1.807) is 0 Å². The lowest BCUT2D eigenvalue weighted by Gasteiger charge is -2.08. The zero-order valence-corrected chi connectivity index (χ0v) is 11.0. The highest BCUT2D eigenvalue weighted by Gasteiger charge is 2.47. The zero-order chi connectivity index (χ0) is 12.8. The molecular weight excluding hydrogens is 264 g/mol. The van der Waals surface area contributed by atoms with E-state index < -0.39 is 15.6 Å². The van der Waals surface area contributed by atoms with Crippen molar-refractivity contribution in [3.63, 3.8) is 0 Å². The monoisotopic (exact) mass is 276 g/mol. The third kappa shape index (κ3) is 2.53. The molecular formula is C10H13ClN2O3S. The molecule has 0 spiro atoms. The fourth-order valence-electron chi connectivity index (χ4n) is 1.52. The topological polar surface area (TPSA) is 79.0 Å². The van der Waals surface area contributed by atoms with E-state index >= 15 is 0 Å². The van der Waals surface area contributed by atoms with Crippen LogP contribution in [0.15, 0.2) is 22.0 Å². The summed E-state index contributed by atoms with van der Waals surface area (Å²) in [7, 11) is -3.61. The van der Waals surface area contributed by atoms with Crippen molar-refractivity contribution in [2.24, 2.45) is 5.41 Å². The zero-order valence-electron chi connectivity index (χ0n) is 9.45. The third-order valence-corrected chi connectivity index (χ3v) is 4.68. The minimum absolute atomic E-state index is 0.000939. The predicted octanol–water partition coefficient (Wildman–Crippen LogP) is 1.11. The van der Waals surface area contributed by atoms with Crippen molar-refractivity contribution < 1.29 is 8.42 Å². The number of H-pyrrole nitrogens is 1. The Morgan fingerprint density at radius 2 is 2.12 bits per heavy atom. The Morgan fingerprint density at radius 1 is 1.53 bits per heavy atom. The van der Waals surface area contributed by atoms with Crippen LogP contribution in [0.1, 0.15) is 20.3 Å². The largest absolute Gasteiger partial charge is 0.326 e. The average molecular weight is 277 g/mol. The van der Waals surface area contributed by atoms with Crippen LogP contribution < -0.4 is 10.3 Å². The number of nitrogens with one attached hydrogen (secondary N) is 2. The Balaban J connectivity index is 2.26. The summed E-state index contributed by atoms with van der Waals surface area (Å²) < 4.78 is 26.5. The van der Waals surface area contributed by atoms with E-state index in [0.717, 1.165) is 18.7 Å². The number of sulfonamides is 1. The fraction of sp³-hybridized carbons (Fsp3) is 0.500. The number of hydrogen-bond donors (Lipinski definition) is 2. The minimum Gasteiger partial charge on any atom is -0.326 e. The van der Waals surface area contributed by atoms with Gasteiger partial charge in [0.15, 0.2) is 0 Å². The van der Waals surface area contributed by atoms with Crippen LogP contribution in [0.2, 0.25) is 5.02 Å². The van der Waals surface area contributed by atoms with Gasteiger partial charge in [-0.25, -0.2) is 13.1 Å². The molecule has 1 aliphatic rings. The first-order valence-electron chi connectivity index (χ1n) is 5.13. The van der Waals surface area contributed by atoms with E-state index in [1.807, 2.05) is 13.8 Å². The van der Waals surface area contributed by atoms with Crippen molar-refractivity contribution in [1.82, 2.24) is 9.71 Å². The van der Waals surface area contributed by atoms with Crippen LogP contribution in [0.4, 0.5) is 0 Å². The maximum atomic E-state index is 11.9. The van der Waals surface area contributed by atoms with Crippen LogP contribution in [0.5, 0.6) is 0 Å². The number of halogens is 1. The van der Waals surface area contributed by atoms with Crippen LogP contribution >= 0.6 is 11.6 Å². The lowest BCUT2D eigenvalue weighted by molar-refractivity contribution is 0.554. The van der Waals surface area contributed by atoms with Gasteiger partial charge < -0.3 is 4.98 Å². The Kier molecular flexibility index (Phi) is 2.84. The molecule has 0 aromatic carbocycles. The molecule has 1 saturated carbocycles. The maximum Gasteiger partial charge on any atom is 0.266 e. The molecule has 7 heteroatoms. The van der Waals surface area contributed by atoms with Gasteiger partial charge in [0.1, 0.15) is 5.02 Å². The standard InChI is InChI=1S/C10H13ClN2O3S/c1-10(2)4-8(10)13-17(15,16)6-3-7(11)9(14)12-5-6/h3,5,8,13H,4H2,1-2H3,(H,12,14). The van der Waals surface area contributed by atoms with Gasteiger partial charge in [0, 0.05) is 12.2 Å². The predicted molar refractivity (Wildman–Crippen MR) is 64.6 cm³/mol. The summed E-state index contributed by atoms with van der Waals surface area (Å²) in [6.45, 7) is 3.97. The molecule has 2 N–H and O–H groups in total. The molecule has 94 valence electrons. The molecule has 1 fully saturated rings. The molecule has 1 unspecified atom stereocenters. The van der Waals surface area contributed by atoms with Gasteiger partial charge >= 0.3 is 0 Å². The van der Waals surface area contributed by atoms with Crippen LogP contribution in [-0.4, -0.2) is 19.4 Å². The fourth-order valence-corrected chi connectivity index (χ4v) is 3.15. The minimum atomic E-state index is -3.61. The molecule has 1 aliphatic carbocycles. The summed E-state index contributed by atoms with van der Waals surface area (Å²) in [5, 5.41) is -0.136. The molecule has 5 nitrogen and oxygen atoms in total. The Bertz CT molecular complexity index is 606. The summed E-state index contributed by atoms with van der Waals surface area (Å²) in [5.41, 5.74) is -0.503. The number of aromatic amines is 1. The molecule has 1 atom stereocenters. The van der Waals surface area contributed by atoms with E-state index in [4.69, 9.17) is 11.6 Å². The highest BCUT2D eigenvalue weighted by molar-refractivity contribution is 7.89. The van der Waals surface area contributed by atoms with E-state index in [1.165, 1.54) is 0 Å². The number of rotatable bonds is 3. The normalized spacial score (nSPS) is 22.4. The summed E-state index contributed by atoms with van der Waals surface area (Å²) in [5.74, 6) is 0.